The molecule has 0 bridgehead atoms. The van der Waals surface area contributed by atoms with Crippen molar-refractivity contribution in [3.05, 3.63) is 64.7 Å². The van der Waals surface area contributed by atoms with Crippen molar-refractivity contribution in [3.63, 3.8) is 0 Å². The Morgan fingerprint density at radius 1 is 1.18 bits per heavy atom. The summed E-state index contributed by atoms with van der Waals surface area (Å²) in [6.45, 7) is 1.86. The van der Waals surface area contributed by atoms with Gasteiger partial charge in [-0.05, 0) is 36.1 Å². The Bertz CT molecular complexity index is 544. The number of carbonyl (C=O) groups excluding carboxylic acids is 1. The standard InChI is InChI=1S/C15H14O2/c1-11-6-7-12(9-15(11)17)8-13-4-2-3-5-14(13)10-16/h2-7,9-10,17H,8H2,1H3. The number of hydrogen-bond donors (Lipinski definition) is 1. The van der Waals surface area contributed by atoms with E-state index in [0.717, 1.165) is 23.0 Å². The van der Waals surface area contributed by atoms with E-state index in [9.17, 15) is 9.90 Å². The van der Waals surface area contributed by atoms with Crippen molar-refractivity contribution in [2.24, 2.45) is 0 Å². The lowest BCUT2D eigenvalue weighted by Gasteiger charge is -2.06. The summed E-state index contributed by atoms with van der Waals surface area (Å²) >= 11 is 0. The number of aryl methyl sites for hydroxylation is 1. The van der Waals surface area contributed by atoms with Crippen molar-refractivity contribution in [2.45, 2.75) is 13.3 Å². The number of benzene rings is 2. The summed E-state index contributed by atoms with van der Waals surface area (Å²) in [5.74, 6) is 0.297. The van der Waals surface area contributed by atoms with E-state index >= 15 is 0 Å². The molecular formula is C15H14O2. The predicted molar refractivity (Wildman–Crippen MR) is 67.5 cm³/mol. The largest absolute Gasteiger partial charge is 0.508 e. The molecule has 1 N–H and O–H groups in total. The van der Waals surface area contributed by atoms with E-state index in [4.69, 9.17) is 0 Å². The minimum absolute atomic E-state index is 0.297. The van der Waals surface area contributed by atoms with E-state index in [1.54, 1.807) is 12.1 Å². The number of rotatable bonds is 3. The van der Waals surface area contributed by atoms with Gasteiger partial charge in [0.25, 0.3) is 0 Å². The average Bonchev–Trinajstić information content (AvgIpc) is 2.34. The molecule has 0 aromatic heterocycles. The Morgan fingerprint density at radius 2 is 1.94 bits per heavy atom. The topological polar surface area (TPSA) is 37.3 Å². The molecule has 0 aliphatic carbocycles. The molecule has 0 aliphatic heterocycles. The Kier molecular flexibility index (Phi) is 3.24. The van der Waals surface area contributed by atoms with Crippen LogP contribution in [-0.4, -0.2) is 11.4 Å². The molecule has 0 aliphatic rings. The van der Waals surface area contributed by atoms with Crippen molar-refractivity contribution in [1.29, 1.82) is 0 Å². The molecule has 0 spiro atoms. The molecule has 2 heteroatoms. The molecule has 2 aromatic carbocycles. The van der Waals surface area contributed by atoms with Crippen molar-refractivity contribution < 1.29 is 9.90 Å². The SMILES string of the molecule is Cc1ccc(Cc2ccccc2C=O)cc1O. The van der Waals surface area contributed by atoms with Crippen LogP contribution in [0.25, 0.3) is 0 Å². The lowest BCUT2D eigenvalue weighted by Crippen LogP contribution is -1.94. The first kappa shape index (κ1) is 11.4. The molecule has 0 unspecified atom stereocenters. The lowest BCUT2D eigenvalue weighted by molar-refractivity contribution is 0.112. The van der Waals surface area contributed by atoms with Crippen molar-refractivity contribution in [3.8, 4) is 5.75 Å². The number of phenols is 1. The van der Waals surface area contributed by atoms with Crippen LogP contribution < -0.4 is 0 Å². The summed E-state index contributed by atoms with van der Waals surface area (Å²) in [6.07, 6.45) is 1.52. The Hall–Kier alpha value is -2.09. The number of aldehydes is 1. The van der Waals surface area contributed by atoms with Gasteiger partial charge in [0.05, 0.1) is 0 Å². The molecule has 0 atom stereocenters. The van der Waals surface area contributed by atoms with Gasteiger partial charge in [-0.15, -0.1) is 0 Å². The molecule has 0 saturated heterocycles. The molecule has 0 saturated carbocycles. The summed E-state index contributed by atoms with van der Waals surface area (Å²) in [5.41, 5.74) is 3.54. The fourth-order valence-electron chi connectivity index (χ4n) is 1.80. The van der Waals surface area contributed by atoms with Gasteiger partial charge in [0.2, 0.25) is 0 Å². The molecule has 0 heterocycles. The van der Waals surface area contributed by atoms with E-state index in [2.05, 4.69) is 0 Å². The lowest BCUT2D eigenvalue weighted by atomic mass is 9.99. The molecule has 86 valence electrons. The maximum atomic E-state index is 10.9. The summed E-state index contributed by atoms with van der Waals surface area (Å²) in [4.78, 5) is 10.9. The van der Waals surface area contributed by atoms with E-state index in [-0.39, 0.29) is 0 Å². The zero-order valence-corrected chi connectivity index (χ0v) is 9.68. The van der Waals surface area contributed by atoms with Crippen LogP contribution in [0.5, 0.6) is 5.75 Å². The first-order valence-electron chi connectivity index (χ1n) is 5.52. The monoisotopic (exact) mass is 226 g/mol. The van der Waals surface area contributed by atoms with Crippen LogP contribution in [0.3, 0.4) is 0 Å². The van der Waals surface area contributed by atoms with Crippen LogP contribution >= 0.6 is 0 Å². The molecule has 0 amide bonds. The highest BCUT2D eigenvalue weighted by atomic mass is 16.3. The highest BCUT2D eigenvalue weighted by Gasteiger charge is 2.03. The van der Waals surface area contributed by atoms with Gasteiger partial charge in [-0.2, -0.15) is 0 Å². The maximum absolute atomic E-state index is 10.9. The zero-order chi connectivity index (χ0) is 12.3. The van der Waals surface area contributed by atoms with Gasteiger partial charge in [-0.3, -0.25) is 4.79 Å². The number of hydrogen-bond acceptors (Lipinski definition) is 2. The highest BCUT2D eigenvalue weighted by molar-refractivity contribution is 5.77. The summed E-state index contributed by atoms with van der Waals surface area (Å²) < 4.78 is 0. The van der Waals surface area contributed by atoms with Crippen molar-refractivity contribution in [2.75, 3.05) is 0 Å². The van der Waals surface area contributed by atoms with E-state index in [1.807, 2.05) is 37.3 Å². The molecule has 0 radical (unpaired) electrons. The molecule has 2 aromatic rings. The third-order valence-corrected chi connectivity index (χ3v) is 2.85. The van der Waals surface area contributed by atoms with Gasteiger partial charge in [-0.1, -0.05) is 36.4 Å². The van der Waals surface area contributed by atoms with Gasteiger partial charge in [0.15, 0.2) is 0 Å². The van der Waals surface area contributed by atoms with Crippen LogP contribution in [0.4, 0.5) is 0 Å². The Labute approximate surface area is 101 Å². The van der Waals surface area contributed by atoms with Crippen LogP contribution in [0.1, 0.15) is 27.0 Å². The quantitative estimate of drug-likeness (QED) is 0.816. The first-order valence-corrected chi connectivity index (χ1v) is 5.52. The molecular weight excluding hydrogens is 212 g/mol. The molecule has 0 fully saturated rings. The zero-order valence-electron chi connectivity index (χ0n) is 9.68. The summed E-state index contributed by atoms with van der Waals surface area (Å²) in [7, 11) is 0. The smallest absolute Gasteiger partial charge is 0.150 e. The van der Waals surface area contributed by atoms with Crippen molar-refractivity contribution >= 4 is 6.29 Å². The minimum atomic E-state index is 0.297. The summed E-state index contributed by atoms with van der Waals surface area (Å²) in [6, 6.07) is 13.1. The second-order valence-electron chi connectivity index (χ2n) is 4.11. The Morgan fingerprint density at radius 3 is 2.65 bits per heavy atom. The fourth-order valence-corrected chi connectivity index (χ4v) is 1.80. The summed E-state index contributed by atoms with van der Waals surface area (Å²) in [5, 5.41) is 9.64. The highest BCUT2D eigenvalue weighted by Crippen LogP contribution is 2.20. The Balaban J connectivity index is 2.31. The van der Waals surface area contributed by atoms with Crippen LogP contribution in [0.15, 0.2) is 42.5 Å². The third kappa shape index (κ3) is 2.53. The number of aromatic hydroxyl groups is 1. The van der Waals surface area contributed by atoms with Crippen LogP contribution in [-0.2, 0) is 6.42 Å². The van der Waals surface area contributed by atoms with Gasteiger partial charge in [0.1, 0.15) is 12.0 Å². The van der Waals surface area contributed by atoms with Crippen molar-refractivity contribution in [1.82, 2.24) is 0 Å². The van der Waals surface area contributed by atoms with E-state index in [0.29, 0.717) is 17.7 Å². The van der Waals surface area contributed by atoms with Crippen LogP contribution in [0, 0.1) is 6.92 Å². The number of carbonyl (C=O) groups is 1. The van der Waals surface area contributed by atoms with Gasteiger partial charge in [-0.25, -0.2) is 0 Å². The normalized spacial score (nSPS) is 10.2. The minimum Gasteiger partial charge on any atom is -0.508 e. The second kappa shape index (κ2) is 4.83. The van der Waals surface area contributed by atoms with Crippen LogP contribution in [0.2, 0.25) is 0 Å². The average molecular weight is 226 g/mol. The molecule has 17 heavy (non-hydrogen) atoms. The molecule has 2 rings (SSSR count). The fraction of sp³-hybridized carbons (Fsp3) is 0.133. The molecule has 2 nitrogen and oxygen atoms in total. The maximum Gasteiger partial charge on any atom is 0.150 e. The second-order valence-corrected chi connectivity index (χ2v) is 4.11. The number of phenolic OH excluding ortho intramolecular Hbond substituents is 1. The van der Waals surface area contributed by atoms with E-state index < -0.39 is 0 Å². The van der Waals surface area contributed by atoms with Gasteiger partial charge < -0.3 is 5.11 Å². The van der Waals surface area contributed by atoms with E-state index in [1.165, 1.54) is 0 Å². The third-order valence-electron chi connectivity index (χ3n) is 2.85. The predicted octanol–water partition coefficient (Wildman–Crippen LogP) is 3.10. The first-order chi connectivity index (χ1) is 8.20. The van der Waals surface area contributed by atoms with Gasteiger partial charge in [0, 0.05) is 5.56 Å². The van der Waals surface area contributed by atoms with Gasteiger partial charge >= 0.3 is 0 Å².